The van der Waals surface area contributed by atoms with Crippen LogP contribution < -0.4 is 19.9 Å². The number of halogens is 1. The summed E-state index contributed by atoms with van der Waals surface area (Å²) >= 11 is 6.69. The normalized spacial score (nSPS) is 21.2. The van der Waals surface area contributed by atoms with E-state index in [0.717, 1.165) is 84.0 Å². The molecule has 40 heavy (non-hydrogen) atoms. The fourth-order valence-corrected chi connectivity index (χ4v) is 6.75. The number of nitriles is 2. The number of hydrogen-bond acceptors (Lipinski definition) is 8. The monoisotopic (exact) mass is 555 g/mol. The van der Waals surface area contributed by atoms with Gasteiger partial charge >= 0.3 is 0 Å². The number of piperazine rings is 1. The lowest BCUT2D eigenvalue weighted by molar-refractivity contribution is 0.239. The summed E-state index contributed by atoms with van der Waals surface area (Å²) in [5, 5.41) is 26.1. The van der Waals surface area contributed by atoms with Crippen LogP contribution in [0, 0.1) is 28.6 Å². The Bertz CT molecular complexity index is 1490. The van der Waals surface area contributed by atoms with Gasteiger partial charge in [0.2, 0.25) is 5.88 Å². The van der Waals surface area contributed by atoms with Gasteiger partial charge in [-0.15, -0.1) is 0 Å². The van der Waals surface area contributed by atoms with Crippen LogP contribution in [0.15, 0.2) is 36.4 Å². The van der Waals surface area contributed by atoms with E-state index in [2.05, 4.69) is 63.5 Å². The summed E-state index contributed by atoms with van der Waals surface area (Å²) in [5.41, 5.74) is 4.60. The molecule has 3 aromatic rings. The second-order valence-corrected chi connectivity index (χ2v) is 11.6. The van der Waals surface area contributed by atoms with Crippen LogP contribution in [-0.4, -0.2) is 68.8 Å². The van der Waals surface area contributed by atoms with E-state index in [4.69, 9.17) is 21.3 Å². The molecule has 0 radical (unpaired) electrons. The number of nitrogens with one attached hydrogen (secondary N) is 1. The van der Waals surface area contributed by atoms with Crippen molar-refractivity contribution in [3.05, 3.63) is 58.2 Å². The third-order valence-corrected chi connectivity index (χ3v) is 8.75. The van der Waals surface area contributed by atoms with Crippen molar-refractivity contribution in [1.82, 2.24) is 15.2 Å². The lowest BCUT2D eigenvalue weighted by Crippen LogP contribution is -2.51. The molecule has 1 aromatic heterocycles. The van der Waals surface area contributed by atoms with Gasteiger partial charge in [0.25, 0.3) is 0 Å². The molecule has 0 saturated carbocycles. The number of aromatic nitrogens is 1. The number of nitrogens with zero attached hydrogens (tertiary/aromatic N) is 6. The van der Waals surface area contributed by atoms with Crippen molar-refractivity contribution >= 4 is 33.7 Å². The maximum atomic E-state index is 10.4. The van der Waals surface area contributed by atoms with Crippen LogP contribution in [0.25, 0.3) is 10.8 Å². The van der Waals surface area contributed by atoms with Crippen LogP contribution >= 0.6 is 11.6 Å². The first-order valence-corrected chi connectivity index (χ1v) is 14.5. The zero-order chi connectivity index (χ0) is 27.6. The maximum Gasteiger partial charge on any atom is 0.234 e. The van der Waals surface area contributed by atoms with E-state index < -0.39 is 0 Å². The van der Waals surface area contributed by atoms with Gasteiger partial charge in [0.1, 0.15) is 11.6 Å². The number of likely N-dealkylation sites (tertiary alicyclic amines) is 1. The van der Waals surface area contributed by atoms with Crippen LogP contribution in [0.5, 0.6) is 5.88 Å². The smallest absolute Gasteiger partial charge is 0.234 e. The number of rotatable bonds is 6. The minimum atomic E-state index is 0.0606. The molecule has 2 saturated heterocycles. The molecule has 1 N–H and O–H groups in total. The molecule has 2 fully saturated rings. The first kappa shape index (κ1) is 26.7. The number of benzene rings is 2. The van der Waals surface area contributed by atoms with Crippen molar-refractivity contribution in [2.75, 3.05) is 62.7 Å². The Morgan fingerprint density at radius 3 is 2.73 bits per heavy atom. The minimum absolute atomic E-state index is 0.0606. The standard InChI is InChI=1S/C31H34ClN7O/c1-37-13-9-21(17-37)20-40-31-25(16-34)30(39-15-12-35-23(18-39)8-11-33)24-10-14-38(19-27(24)36-31)28-7-3-5-22-4-2-6-26(32)29(22)28/h2-7,21,23,35H,8-10,12-15,17-20H2,1H3/t21-,23+/m1/s1. The molecule has 3 aliphatic rings. The second kappa shape index (κ2) is 11.5. The van der Waals surface area contributed by atoms with Crippen molar-refractivity contribution in [3.8, 4) is 18.0 Å². The Kier molecular flexibility index (Phi) is 7.67. The SMILES string of the molecule is CN1CC[C@@H](COc2nc3c(c(N4CCN[C@@H](CC#N)C4)c2C#N)CCN(c2cccc4cccc(Cl)c24)C3)C1. The first-order valence-electron chi connectivity index (χ1n) is 14.1. The fraction of sp³-hybridized carbons (Fsp3) is 0.452. The quantitative estimate of drug-likeness (QED) is 0.480. The van der Waals surface area contributed by atoms with Gasteiger partial charge in [0.05, 0.1) is 42.0 Å². The summed E-state index contributed by atoms with van der Waals surface area (Å²) in [4.78, 5) is 12.0. The van der Waals surface area contributed by atoms with Crippen molar-refractivity contribution in [2.45, 2.75) is 31.8 Å². The van der Waals surface area contributed by atoms with E-state index >= 15 is 0 Å². The predicted molar refractivity (Wildman–Crippen MR) is 158 cm³/mol. The highest BCUT2D eigenvalue weighted by molar-refractivity contribution is 6.36. The number of ether oxygens (including phenoxy) is 1. The average molecular weight is 556 g/mol. The van der Waals surface area contributed by atoms with Crippen LogP contribution in [0.2, 0.25) is 5.02 Å². The second-order valence-electron chi connectivity index (χ2n) is 11.2. The minimum Gasteiger partial charge on any atom is -0.476 e. The molecule has 0 spiro atoms. The largest absolute Gasteiger partial charge is 0.476 e. The van der Waals surface area contributed by atoms with Gasteiger partial charge in [0.15, 0.2) is 0 Å². The molecule has 3 aliphatic heterocycles. The van der Waals surface area contributed by atoms with Gasteiger partial charge in [-0.05, 0) is 44.0 Å². The summed E-state index contributed by atoms with van der Waals surface area (Å²) < 4.78 is 6.37. The molecule has 2 aromatic carbocycles. The van der Waals surface area contributed by atoms with Gasteiger partial charge < -0.3 is 24.8 Å². The number of anilines is 2. The molecule has 206 valence electrons. The van der Waals surface area contributed by atoms with Crippen molar-refractivity contribution < 1.29 is 4.74 Å². The van der Waals surface area contributed by atoms with Crippen LogP contribution in [0.4, 0.5) is 11.4 Å². The summed E-state index contributed by atoms with van der Waals surface area (Å²) in [6.07, 6.45) is 2.27. The molecule has 4 heterocycles. The highest BCUT2D eigenvalue weighted by atomic mass is 35.5. The van der Waals surface area contributed by atoms with Crippen LogP contribution in [-0.2, 0) is 13.0 Å². The molecule has 0 aliphatic carbocycles. The van der Waals surface area contributed by atoms with Gasteiger partial charge in [-0.2, -0.15) is 10.5 Å². The van der Waals surface area contributed by atoms with E-state index in [1.165, 1.54) is 0 Å². The Morgan fingerprint density at radius 2 is 1.95 bits per heavy atom. The molecule has 0 amide bonds. The molecular weight excluding hydrogens is 522 g/mol. The lowest BCUT2D eigenvalue weighted by atomic mass is 9.96. The van der Waals surface area contributed by atoms with Crippen molar-refractivity contribution in [3.63, 3.8) is 0 Å². The Labute approximate surface area is 240 Å². The summed E-state index contributed by atoms with van der Waals surface area (Å²) in [5.74, 6) is 0.852. The molecule has 6 rings (SSSR count). The molecule has 0 unspecified atom stereocenters. The maximum absolute atomic E-state index is 10.4. The van der Waals surface area contributed by atoms with Gasteiger partial charge in [-0.1, -0.05) is 35.9 Å². The predicted octanol–water partition coefficient (Wildman–Crippen LogP) is 4.34. The van der Waals surface area contributed by atoms with E-state index in [9.17, 15) is 10.5 Å². The third-order valence-electron chi connectivity index (χ3n) is 8.43. The molecular formula is C31H34ClN7O. The van der Waals surface area contributed by atoms with Crippen LogP contribution in [0.3, 0.4) is 0 Å². The zero-order valence-electron chi connectivity index (χ0n) is 22.9. The topological polar surface area (TPSA) is 91.5 Å². The van der Waals surface area contributed by atoms with Gasteiger partial charge in [0, 0.05) is 61.3 Å². The Balaban J connectivity index is 1.39. The lowest BCUT2D eigenvalue weighted by Gasteiger charge is -2.39. The summed E-state index contributed by atoms with van der Waals surface area (Å²) in [6, 6.07) is 17.1. The highest BCUT2D eigenvalue weighted by Gasteiger charge is 2.32. The van der Waals surface area contributed by atoms with E-state index in [0.29, 0.717) is 43.5 Å². The Morgan fingerprint density at radius 1 is 1.10 bits per heavy atom. The molecule has 0 bridgehead atoms. The third kappa shape index (κ3) is 5.15. The number of fused-ring (bicyclic) bond motifs is 2. The van der Waals surface area contributed by atoms with Crippen LogP contribution in [0.1, 0.15) is 29.7 Å². The molecule has 8 nitrogen and oxygen atoms in total. The van der Waals surface area contributed by atoms with E-state index in [-0.39, 0.29) is 6.04 Å². The number of pyridine rings is 1. The first-order chi connectivity index (χ1) is 19.6. The van der Waals surface area contributed by atoms with Crippen molar-refractivity contribution in [2.24, 2.45) is 5.92 Å². The van der Waals surface area contributed by atoms with Crippen molar-refractivity contribution in [1.29, 1.82) is 10.5 Å². The van der Waals surface area contributed by atoms with E-state index in [1.807, 2.05) is 12.1 Å². The fourth-order valence-electron chi connectivity index (χ4n) is 6.47. The highest BCUT2D eigenvalue weighted by Crippen LogP contribution is 2.40. The number of hydrogen-bond donors (Lipinski definition) is 1. The summed E-state index contributed by atoms with van der Waals surface area (Å²) in [7, 11) is 2.13. The summed E-state index contributed by atoms with van der Waals surface area (Å²) in [6.45, 7) is 6.20. The molecule has 9 heteroatoms. The Hall–Kier alpha value is -3.56. The average Bonchev–Trinajstić information content (AvgIpc) is 3.40. The zero-order valence-corrected chi connectivity index (χ0v) is 23.6. The van der Waals surface area contributed by atoms with Gasteiger partial charge in [-0.25, -0.2) is 4.98 Å². The van der Waals surface area contributed by atoms with E-state index in [1.54, 1.807) is 0 Å². The van der Waals surface area contributed by atoms with Gasteiger partial charge in [-0.3, -0.25) is 0 Å². The molecule has 2 atom stereocenters.